The Hall–Kier alpha value is -1.38. The first-order valence-electron chi connectivity index (χ1n) is 9.03. The van der Waals surface area contributed by atoms with Crippen molar-refractivity contribution >= 4 is 21.4 Å². The molecule has 0 bridgehead atoms. The number of aromatic nitrogens is 3. The Morgan fingerprint density at radius 1 is 1.27 bits per heavy atom. The molecule has 1 aliphatic rings. The highest BCUT2D eigenvalue weighted by Gasteiger charge is 2.27. The van der Waals surface area contributed by atoms with Gasteiger partial charge in [-0.2, -0.15) is 0 Å². The van der Waals surface area contributed by atoms with Crippen LogP contribution in [0.25, 0.3) is 10.6 Å². The fourth-order valence-electron chi connectivity index (χ4n) is 3.35. The molecule has 6 nitrogen and oxygen atoms in total. The number of thiazole rings is 1. The maximum atomic E-state index is 11.9. The lowest BCUT2D eigenvalue weighted by Gasteiger charge is -2.30. The highest BCUT2D eigenvalue weighted by molar-refractivity contribution is 7.88. The molecule has 0 aliphatic carbocycles. The van der Waals surface area contributed by atoms with Crippen LogP contribution < -0.4 is 0 Å². The Morgan fingerprint density at radius 3 is 2.77 bits per heavy atom. The van der Waals surface area contributed by atoms with Gasteiger partial charge in [-0.05, 0) is 31.1 Å². The molecular weight excluding hydrogens is 368 g/mol. The van der Waals surface area contributed by atoms with E-state index in [1.165, 1.54) is 6.26 Å². The number of hydrogen-bond donors (Lipinski definition) is 0. The van der Waals surface area contributed by atoms with Crippen molar-refractivity contribution in [2.75, 3.05) is 19.3 Å². The lowest BCUT2D eigenvalue weighted by molar-refractivity contribution is 0.265. The van der Waals surface area contributed by atoms with Crippen molar-refractivity contribution in [1.82, 2.24) is 19.3 Å². The smallest absolute Gasteiger partial charge is 0.211 e. The monoisotopic (exact) mass is 394 g/mol. The lowest BCUT2D eigenvalue weighted by atomic mass is 9.93. The van der Waals surface area contributed by atoms with E-state index in [4.69, 9.17) is 0 Å². The molecule has 2 aromatic heterocycles. The first-order valence-corrected chi connectivity index (χ1v) is 11.7. The fraction of sp³-hybridized carbons (Fsp3) is 0.611. The lowest BCUT2D eigenvalue weighted by Crippen LogP contribution is -2.39. The van der Waals surface area contributed by atoms with Crippen LogP contribution in [0, 0.1) is 11.8 Å². The molecule has 1 aliphatic heterocycles. The predicted molar refractivity (Wildman–Crippen MR) is 105 cm³/mol. The molecule has 3 heterocycles. The van der Waals surface area contributed by atoms with Crippen LogP contribution in [0.2, 0.25) is 0 Å². The van der Waals surface area contributed by atoms with Gasteiger partial charge in [-0.3, -0.25) is 9.97 Å². The van der Waals surface area contributed by atoms with Crippen LogP contribution in [-0.2, 0) is 22.9 Å². The molecule has 142 valence electrons. The van der Waals surface area contributed by atoms with Crippen LogP contribution in [0.3, 0.4) is 0 Å². The first kappa shape index (κ1) is 19.4. The number of rotatable bonds is 6. The molecule has 3 rings (SSSR count). The van der Waals surface area contributed by atoms with Crippen LogP contribution >= 0.6 is 11.3 Å². The molecule has 0 unspecified atom stereocenters. The van der Waals surface area contributed by atoms with Gasteiger partial charge in [0.05, 0.1) is 21.8 Å². The summed E-state index contributed by atoms with van der Waals surface area (Å²) in [6.07, 6.45) is 10.2. The Bertz CT molecular complexity index is 848. The van der Waals surface area contributed by atoms with E-state index in [0.717, 1.165) is 47.0 Å². The first-order chi connectivity index (χ1) is 12.3. The standard InChI is InChI=1S/C18H26N4O2S2/c1-13(2)9-17-21-11-16(25-17)18-15(19-6-7-20-18)10-14-5-4-8-22(12-14)26(3,23)24/h6-7,11,13-14H,4-5,8-10,12H2,1-3H3/t14-/m1/s1. The van der Waals surface area contributed by atoms with E-state index in [2.05, 4.69) is 28.8 Å². The minimum atomic E-state index is -3.13. The second kappa shape index (κ2) is 8.10. The van der Waals surface area contributed by atoms with Crippen LogP contribution in [0.1, 0.15) is 37.4 Å². The SMILES string of the molecule is CC(C)Cc1ncc(-c2nccnc2C[C@H]2CCCN(S(C)(=O)=O)C2)s1. The number of piperidine rings is 1. The third-order valence-corrected chi connectivity index (χ3v) is 6.87. The number of nitrogens with zero attached hydrogens (tertiary/aromatic N) is 4. The molecule has 0 radical (unpaired) electrons. The van der Waals surface area contributed by atoms with E-state index in [0.29, 0.717) is 19.0 Å². The summed E-state index contributed by atoms with van der Waals surface area (Å²) >= 11 is 1.68. The summed E-state index contributed by atoms with van der Waals surface area (Å²) < 4.78 is 25.3. The zero-order chi connectivity index (χ0) is 18.7. The van der Waals surface area contributed by atoms with Gasteiger partial charge in [-0.15, -0.1) is 11.3 Å². The zero-order valence-corrected chi connectivity index (χ0v) is 17.2. The molecule has 26 heavy (non-hydrogen) atoms. The van der Waals surface area contributed by atoms with Crippen molar-refractivity contribution in [2.45, 2.75) is 39.5 Å². The van der Waals surface area contributed by atoms with Gasteiger partial charge in [0.25, 0.3) is 0 Å². The van der Waals surface area contributed by atoms with Crippen molar-refractivity contribution < 1.29 is 8.42 Å². The molecule has 0 amide bonds. The summed E-state index contributed by atoms with van der Waals surface area (Å²) in [6.45, 7) is 5.56. The van der Waals surface area contributed by atoms with Gasteiger partial charge in [-0.1, -0.05) is 13.8 Å². The van der Waals surface area contributed by atoms with E-state index >= 15 is 0 Å². The molecule has 0 spiro atoms. The van der Waals surface area contributed by atoms with Crippen LogP contribution in [0.4, 0.5) is 0 Å². The van der Waals surface area contributed by atoms with Crippen molar-refractivity contribution in [3.8, 4) is 10.6 Å². The van der Waals surface area contributed by atoms with Crippen LogP contribution in [0.5, 0.6) is 0 Å². The fourth-order valence-corrected chi connectivity index (χ4v) is 5.44. The van der Waals surface area contributed by atoms with Crippen molar-refractivity contribution in [3.63, 3.8) is 0 Å². The maximum absolute atomic E-state index is 11.9. The largest absolute Gasteiger partial charge is 0.257 e. The number of sulfonamides is 1. The van der Waals surface area contributed by atoms with Gasteiger partial charge in [0.15, 0.2) is 0 Å². The summed E-state index contributed by atoms with van der Waals surface area (Å²) in [5.41, 5.74) is 1.82. The summed E-state index contributed by atoms with van der Waals surface area (Å²) in [5.74, 6) is 0.844. The highest BCUT2D eigenvalue weighted by atomic mass is 32.2. The van der Waals surface area contributed by atoms with Gasteiger partial charge in [-0.25, -0.2) is 17.7 Å². The van der Waals surface area contributed by atoms with Gasteiger partial charge in [0.2, 0.25) is 10.0 Å². The zero-order valence-electron chi connectivity index (χ0n) is 15.6. The Kier molecular flexibility index (Phi) is 6.04. The summed E-state index contributed by atoms with van der Waals surface area (Å²) in [5, 5.41) is 1.12. The van der Waals surface area contributed by atoms with E-state index in [-0.39, 0.29) is 5.92 Å². The summed E-state index contributed by atoms with van der Waals surface area (Å²) in [6, 6.07) is 0. The van der Waals surface area contributed by atoms with Crippen molar-refractivity contribution in [1.29, 1.82) is 0 Å². The summed E-state index contributed by atoms with van der Waals surface area (Å²) in [4.78, 5) is 14.7. The Morgan fingerprint density at radius 2 is 2.04 bits per heavy atom. The van der Waals surface area contributed by atoms with E-state index in [1.54, 1.807) is 28.0 Å². The highest BCUT2D eigenvalue weighted by Crippen LogP contribution is 2.30. The predicted octanol–water partition coefficient (Wildman–Crippen LogP) is 3.01. The van der Waals surface area contributed by atoms with Gasteiger partial charge in [0, 0.05) is 38.1 Å². The Labute approximate surface area is 159 Å². The average Bonchev–Trinajstić information content (AvgIpc) is 3.02. The average molecular weight is 395 g/mol. The van der Waals surface area contributed by atoms with Crippen molar-refractivity contribution in [3.05, 3.63) is 29.3 Å². The van der Waals surface area contributed by atoms with E-state index in [9.17, 15) is 8.42 Å². The number of hydrogen-bond acceptors (Lipinski definition) is 6. The summed E-state index contributed by atoms with van der Waals surface area (Å²) in [7, 11) is -3.13. The molecule has 1 fully saturated rings. The molecule has 0 saturated carbocycles. The second-order valence-corrected chi connectivity index (χ2v) is 10.5. The molecule has 0 N–H and O–H groups in total. The topological polar surface area (TPSA) is 76.1 Å². The molecule has 0 aromatic carbocycles. The normalized spacial score (nSPS) is 19.2. The van der Waals surface area contributed by atoms with E-state index in [1.807, 2.05) is 6.20 Å². The van der Waals surface area contributed by atoms with Gasteiger partial charge >= 0.3 is 0 Å². The van der Waals surface area contributed by atoms with Crippen LogP contribution in [0.15, 0.2) is 18.6 Å². The molecule has 2 aromatic rings. The molecule has 1 atom stereocenters. The third-order valence-electron chi connectivity index (χ3n) is 4.58. The van der Waals surface area contributed by atoms with Crippen LogP contribution in [-0.4, -0.2) is 47.0 Å². The Balaban J connectivity index is 1.78. The minimum absolute atomic E-state index is 0.275. The third kappa shape index (κ3) is 4.86. The molecule has 1 saturated heterocycles. The van der Waals surface area contributed by atoms with Gasteiger partial charge < -0.3 is 0 Å². The quantitative estimate of drug-likeness (QED) is 0.753. The maximum Gasteiger partial charge on any atom is 0.211 e. The van der Waals surface area contributed by atoms with Gasteiger partial charge in [0.1, 0.15) is 5.69 Å². The molecular formula is C18H26N4O2S2. The van der Waals surface area contributed by atoms with E-state index < -0.39 is 10.0 Å². The second-order valence-electron chi connectivity index (χ2n) is 7.40. The molecule has 8 heteroatoms. The van der Waals surface area contributed by atoms with Crippen molar-refractivity contribution in [2.24, 2.45) is 11.8 Å². The minimum Gasteiger partial charge on any atom is -0.257 e.